The van der Waals surface area contributed by atoms with Crippen LogP contribution in [0.25, 0.3) is 0 Å². The molecule has 0 aliphatic carbocycles. The Labute approximate surface area is 218 Å². The molecule has 1 aromatic heterocycles. The molecule has 0 aliphatic rings. The van der Waals surface area contributed by atoms with Gasteiger partial charge in [0.2, 0.25) is 5.91 Å². The summed E-state index contributed by atoms with van der Waals surface area (Å²) >= 11 is 3.60. The smallest absolute Gasteiger partial charge is 0.251 e. The van der Waals surface area contributed by atoms with Crippen LogP contribution in [-0.2, 0) is 11.8 Å². The average molecular weight is 592 g/mol. The van der Waals surface area contributed by atoms with Crippen LogP contribution in [0.3, 0.4) is 0 Å². The summed E-state index contributed by atoms with van der Waals surface area (Å²) in [5.74, 6) is 1.01. The van der Waals surface area contributed by atoms with Crippen LogP contribution >= 0.6 is 34.4 Å². The van der Waals surface area contributed by atoms with Gasteiger partial charge in [0.15, 0.2) is 11.0 Å². The second kappa shape index (κ2) is 11.8. The van der Waals surface area contributed by atoms with Crippen molar-refractivity contribution in [1.29, 1.82) is 0 Å². The van der Waals surface area contributed by atoms with Gasteiger partial charge < -0.3 is 15.2 Å². The summed E-state index contributed by atoms with van der Waals surface area (Å²) in [6, 6.07) is 14.8. The molecule has 0 saturated heterocycles. The highest BCUT2D eigenvalue weighted by atomic mass is 127. The predicted molar refractivity (Wildman–Crippen MR) is 145 cm³/mol. The number of carbonyl (C=O) groups excluding carboxylic acids is 2. The highest BCUT2D eigenvalue weighted by Gasteiger charge is 2.25. The van der Waals surface area contributed by atoms with Gasteiger partial charge >= 0.3 is 0 Å². The van der Waals surface area contributed by atoms with Crippen molar-refractivity contribution in [3.05, 3.63) is 69.1 Å². The minimum atomic E-state index is -0.311. The van der Waals surface area contributed by atoms with Crippen molar-refractivity contribution in [3.8, 4) is 0 Å². The van der Waals surface area contributed by atoms with Gasteiger partial charge in [0.05, 0.1) is 11.8 Å². The Morgan fingerprint density at radius 3 is 2.41 bits per heavy atom. The summed E-state index contributed by atoms with van der Waals surface area (Å²) in [6.45, 7) is 8.27. The zero-order valence-corrected chi connectivity index (χ0v) is 23.0. The minimum Gasteiger partial charge on any atom is -0.342 e. The second-order valence-electron chi connectivity index (χ2n) is 8.68. The molecule has 2 aromatic carbocycles. The maximum Gasteiger partial charge on any atom is 0.251 e. The van der Waals surface area contributed by atoms with E-state index in [1.54, 1.807) is 12.1 Å². The Morgan fingerprint density at radius 1 is 1.06 bits per heavy atom. The first-order valence-electron chi connectivity index (χ1n) is 11.1. The number of amides is 2. The number of carbonyl (C=O) groups is 2. The van der Waals surface area contributed by atoms with Crippen LogP contribution in [0, 0.1) is 9.49 Å². The fourth-order valence-corrected chi connectivity index (χ4v) is 4.74. The molecule has 3 aromatic rings. The molecular formula is C25H30IN5O2S. The zero-order chi connectivity index (χ0) is 24.8. The molecule has 0 spiro atoms. The molecule has 2 amide bonds. The first-order chi connectivity index (χ1) is 16.2. The number of nitrogens with one attached hydrogen (secondary N) is 2. The van der Waals surface area contributed by atoms with Crippen molar-refractivity contribution in [2.24, 2.45) is 13.0 Å². The molecular weight excluding hydrogens is 561 g/mol. The van der Waals surface area contributed by atoms with Crippen molar-refractivity contribution in [2.45, 2.75) is 44.8 Å². The number of aromatic nitrogens is 3. The summed E-state index contributed by atoms with van der Waals surface area (Å²) in [5.41, 5.74) is 2.54. The van der Waals surface area contributed by atoms with Crippen molar-refractivity contribution < 1.29 is 9.59 Å². The average Bonchev–Trinajstić information content (AvgIpc) is 3.17. The van der Waals surface area contributed by atoms with Crippen LogP contribution in [-0.4, -0.2) is 32.3 Å². The van der Waals surface area contributed by atoms with E-state index in [-0.39, 0.29) is 29.5 Å². The number of nitrogens with zero attached hydrogens (tertiary/aromatic N) is 3. The zero-order valence-electron chi connectivity index (χ0n) is 20.0. The number of halogens is 1. The molecule has 0 saturated carbocycles. The largest absolute Gasteiger partial charge is 0.342 e. The normalized spacial score (nSPS) is 12.1. The number of hydrogen-bond acceptors (Lipinski definition) is 5. The molecule has 1 heterocycles. The van der Waals surface area contributed by atoms with Gasteiger partial charge in [-0.3, -0.25) is 9.59 Å². The van der Waals surface area contributed by atoms with Crippen LogP contribution < -0.4 is 10.6 Å². The van der Waals surface area contributed by atoms with Gasteiger partial charge in [0.25, 0.3) is 5.91 Å². The molecule has 3 rings (SSSR count). The topological polar surface area (TPSA) is 88.9 Å². The summed E-state index contributed by atoms with van der Waals surface area (Å²) in [4.78, 5) is 25.4. The molecule has 0 fully saturated rings. The third-order valence-electron chi connectivity index (χ3n) is 5.38. The van der Waals surface area contributed by atoms with Gasteiger partial charge in [-0.25, -0.2) is 0 Å². The molecule has 0 bridgehead atoms. The van der Waals surface area contributed by atoms with E-state index in [1.807, 2.05) is 55.8 Å². The molecule has 0 aliphatic heterocycles. The SMILES string of the molecule is CC(C)c1cc(I)ccc1NC(=O)CSc1nnc([C@@H](NC(=O)c2ccccc2)C(C)C)n1C. The van der Waals surface area contributed by atoms with Gasteiger partial charge in [-0.2, -0.15) is 0 Å². The summed E-state index contributed by atoms with van der Waals surface area (Å²) in [5, 5.41) is 15.3. The Bertz CT molecular complexity index is 1150. The molecule has 34 heavy (non-hydrogen) atoms. The highest BCUT2D eigenvalue weighted by molar-refractivity contribution is 14.1. The van der Waals surface area contributed by atoms with E-state index in [0.717, 1.165) is 14.8 Å². The number of benzene rings is 2. The van der Waals surface area contributed by atoms with Gasteiger partial charge in [-0.1, -0.05) is 57.7 Å². The first-order valence-corrected chi connectivity index (χ1v) is 13.2. The maximum atomic E-state index is 12.7. The van der Waals surface area contributed by atoms with Crippen LogP contribution in [0.5, 0.6) is 0 Å². The van der Waals surface area contributed by atoms with Crippen molar-refractivity contribution >= 4 is 51.9 Å². The number of rotatable bonds is 9. The molecule has 9 heteroatoms. The maximum absolute atomic E-state index is 12.7. The van der Waals surface area contributed by atoms with Gasteiger partial charge in [-0.05, 0) is 70.3 Å². The van der Waals surface area contributed by atoms with E-state index in [9.17, 15) is 9.59 Å². The van der Waals surface area contributed by atoms with E-state index in [2.05, 4.69) is 63.3 Å². The van der Waals surface area contributed by atoms with E-state index < -0.39 is 0 Å². The van der Waals surface area contributed by atoms with Crippen LogP contribution in [0.2, 0.25) is 0 Å². The second-order valence-corrected chi connectivity index (χ2v) is 10.9. The highest BCUT2D eigenvalue weighted by Crippen LogP contribution is 2.27. The number of anilines is 1. The van der Waals surface area contributed by atoms with Crippen LogP contribution in [0.4, 0.5) is 5.69 Å². The van der Waals surface area contributed by atoms with Crippen LogP contribution in [0.15, 0.2) is 53.7 Å². The van der Waals surface area contributed by atoms with E-state index in [1.165, 1.54) is 11.8 Å². The van der Waals surface area contributed by atoms with Crippen molar-refractivity contribution in [1.82, 2.24) is 20.1 Å². The van der Waals surface area contributed by atoms with Crippen molar-refractivity contribution in [3.63, 3.8) is 0 Å². The molecule has 0 unspecified atom stereocenters. The molecule has 0 radical (unpaired) electrons. The van der Waals surface area contributed by atoms with E-state index in [0.29, 0.717) is 22.5 Å². The Kier molecular flexibility index (Phi) is 9.12. The Hall–Kier alpha value is -2.40. The number of thioether (sulfide) groups is 1. The monoisotopic (exact) mass is 591 g/mol. The summed E-state index contributed by atoms with van der Waals surface area (Å²) in [6.07, 6.45) is 0. The van der Waals surface area contributed by atoms with Gasteiger partial charge in [0, 0.05) is 21.9 Å². The predicted octanol–water partition coefficient (Wildman–Crippen LogP) is 5.40. The first kappa shape index (κ1) is 26.2. The quantitative estimate of drug-likeness (QED) is 0.257. The molecule has 7 nitrogen and oxygen atoms in total. The third kappa shape index (κ3) is 6.59. The lowest BCUT2D eigenvalue weighted by atomic mass is 10.0. The lowest BCUT2D eigenvalue weighted by Crippen LogP contribution is -2.33. The van der Waals surface area contributed by atoms with Gasteiger partial charge in [-0.15, -0.1) is 10.2 Å². The lowest BCUT2D eigenvalue weighted by molar-refractivity contribution is -0.113. The van der Waals surface area contributed by atoms with E-state index >= 15 is 0 Å². The summed E-state index contributed by atoms with van der Waals surface area (Å²) < 4.78 is 2.98. The number of hydrogen-bond donors (Lipinski definition) is 2. The summed E-state index contributed by atoms with van der Waals surface area (Å²) in [7, 11) is 1.86. The molecule has 2 N–H and O–H groups in total. The molecule has 180 valence electrons. The van der Waals surface area contributed by atoms with Gasteiger partial charge in [0.1, 0.15) is 0 Å². The third-order valence-corrected chi connectivity index (χ3v) is 7.07. The fourth-order valence-electron chi connectivity index (χ4n) is 3.51. The van der Waals surface area contributed by atoms with E-state index in [4.69, 9.17) is 0 Å². The Morgan fingerprint density at radius 2 is 1.76 bits per heavy atom. The molecule has 1 atom stereocenters. The standard InChI is InChI=1S/C25H30IN5O2S/c1-15(2)19-13-18(26)11-12-20(19)27-21(32)14-34-25-30-29-23(31(25)5)22(16(3)4)28-24(33)17-9-7-6-8-10-17/h6-13,15-16,22H,14H2,1-5H3,(H,27,32)(H,28,33)/t22-/m0/s1. The Balaban J connectivity index is 1.67. The lowest BCUT2D eigenvalue weighted by Gasteiger charge is -2.21. The van der Waals surface area contributed by atoms with Crippen LogP contribution in [0.1, 0.15) is 61.4 Å². The fraction of sp³-hybridized carbons (Fsp3) is 0.360. The van der Waals surface area contributed by atoms with Crippen molar-refractivity contribution in [2.75, 3.05) is 11.1 Å². The minimum absolute atomic E-state index is 0.101.